The van der Waals surface area contributed by atoms with Gasteiger partial charge in [0.05, 0.1) is 25.1 Å². The number of nitrogens with one attached hydrogen (secondary N) is 1. The second kappa shape index (κ2) is 11.7. The molecule has 0 radical (unpaired) electrons. The highest BCUT2D eigenvalue weighted by atomic mass is 35.5. The standard InChI is InChI=1S/C27H29ClN4O2.ClH/c1-33-21-8-10-22(11-9-21)34-18-4-13-31-14-16-32(17-15-31)27-23-5-2-3-6-24(23)29-25-12-7-20(28)19-26(25)30-27;/h2-3,5-12,19,29H,4,13-18H2,1H3;1H. The maximum Gasteiger partial charge on any atom is 0.138 e. The van der Waals surface area contributed by atoms with Gasteiger partial charge in [0.25, 0.3) is 0 Å². The summed E-state index contributed by atoms with van der Waals surface area (Å²) in [6, 6.07) is 21.9. The van der Waals surface area contributed by atoms with Crippen molar-refractivity contribution in [2.75, 3.05) is 51.8 Å². The zero-order valence-electron chi connectivity index (χ0n) is 19.7. The predicted molar refractivity (Wildman–Crippen MR) is 146 cm³/mol. The van der Waals surface area contributed by atoms with Gasteiger partial charge in [0, 0.05) is 49.0 Å². The molecule has 3 aromatic rings. The van der Waals surface area contributed by atoms with Crippen LogP contribution in [0.4, 0.5) is 17.1 Å². The van der Waals surface area contributed by atoms with Gasteiger partial charge in [0.15, 0.2) is 0 Å². The number of aliphatic imine (C=N–C) groups is 1. The topological polar surface area (TPSA) is 49.3 Å². The Morgan fingerprint density at radius 3 is 2.43 bits per heavy atom. The second-order valence-electron chi connectivity index (χ2n) is 8.47. The molecule has 0 aliphatic carbocycles. The summed E-state index contributed by atoms with van der Waals surface area (Å²) >= 11 is 6.27. The third kappa shape index (κ3) is 6.01. The first kappa shape index (κ1) is 25.2. The minimum atomic E-state index is 0. The smallest absolute Gasteiger partial charge is 0.138 e. The average molecular weight is 513 g/mol. The molecule has 0 aromatic heterocycles. The summed E-state index contributed by atoms with van der Waals surface area (Å²) in [5.41, 5.74) is 4.04. The lowest BCUT2D eigenvalue weighted by Crippen LogP contribution is -2.49. The summed E-state index contributed by atoms with van der Waals surface area (Å²) in [5, 5.41) is 4.22. The molecule has 184 valence electrons. The SMILES string of the molecule is COc1ccc(OCCCN2CCN(C3=Nc4cc(Cl)ccc4Nc4ccccc43)CC2)cc1.Cl. The quantitative estimate of drug-likeness (QED) is 0.411. The van der Waals surface area contributed by atoms with Gasteiger partial charge in [0.2, 0.25) is 0 Å². The van der Waals surface area contributed by atoms with Crippen LogP contribution in [-0.4, -0.2) is 62.1 Å². The molecule has 2 aliphatic rings. The van der Waals surface area contributed by atoms with E-state index in [0.717, 1.165) is 79.1 Å². The molecule has 5 rings (SSSR count). The van der Waals surface area contributed by atoms with Crippen molar-refractivity contribution in [3.05, 3.63) is 77.3 Å². The van der Waals surface area contributed by atoms with Gasteiger partial charge < -0.3 is 19.7 Å². The van der Waals surface area contributed by atoms with Crippen molar-refractivity contribution < 1.29 is 9.47 Å². The minimum Gasteiger partial charge on any atom is -0.497 e. The molecule has 0 unspecified atom stereocenters. The third-order valence-electron chi connectivity index (χ3n) is 6.24. The molecule has 0 atom stereocenters. The summed E-state index contributed by atoms with van der Waals surface area (Å²) in [7, 11) is 1.67. The summed E-state index contributed by atoms with van der Waals surface area (Å²) in [5.74, 6) is 2.73. The monoisotopic (exact) mass is 512 g/mol. The third-order valence-corrected chi connectivity index (χ3v) is 6.48. The van der Waals surface area contributed by atoms with Crippen LogP contribution >= 0.6 is 24.0 Å². The number of methoxy groups -OCH3 is 1. The fourth-order valence-corrected chi connectivity index (χ4v) is 4.55. The van der Waals surface area contributed by atoms with E-state index in [1.165, 1.54) is 0 Å². The van der Waals surface area contributed by atoms with Crippen LogP contribution in [0.3, 0.4) is 0 Å². The maximum atomic E-state index is 6.27. The summed E-state index contributed by atoms with van der Waals surface area (Å²) in [6.45, 7) is 5.59. The lowest BCUT2D eigenvalue weighted by atomic mass is 10.1. The van der Waals surface area contributed by atoms with Gasteiger partial charge in [-0.2, -0.15) is 0 Å². The van der Waals surface area contributed by atoms with E-state index in [1.54, 1.807) is 7.11 Å². The van der Waals surface area contributed by atoms with E-state index >= 15 is 0 Å². The Hall–Kier alpha value is -2.93. The molecule has 1 N–H and O–H groups in total. The molecule has 8 heteroatoms. The molecule has 35 heavy (non-hydrogen) atoms. The van der Waals surface area contributed by atoms with Crippen LogP contribution in [0.5, 0.6) is 11.5 Å². The van der Waals surface area contributed by atoms with Crippen molar-refractivity contribution in [1.29, 1.82) is 0 Å². The van der Waals surface area contributed by atoms with Crippen molar-refractivity contribution in [3.63, 3.8) is 0 Å². The average Bonchev–Trinajstić information content (AvgIpc) is 3.04. The number of hydrogen-bond acceptors (Lipinski definition) is 6. The Kier molecular flexibility index (Phi) is 8.39. The van der Waals surface area contributed by atoms with Crippen molar-refractivity contribution >= 4 is 46.9 Å². The van der Waals surface area contributed by atoms with Crippen molar-refractivity contribution in [3.8, 4) is 11.5 Å². The van der Waals surface area contributed by atoms with E-state index < -0.39 is 0 Å². The normalized spacial score (nSPS) is 15.0. The summed E-state index contributed by atoms with van der Waals surface area (Å²) < 4.78 is 11.1. The highest BCUT2D eigenvalue weighted by Crippen LogP contribution is 2.36. The van der Waals surface area contributed by atoms with Crippen LogP contribution in [0, 0.1) is 0 Å². The number of hydrogen-bond donors (Lipinski definition) is 1. The molecule has 2 aliphatic heterocycles. The zero-order valence-corrected chi connectivity index (χ0v) is 21.3. The highest BCUT2D eigenvalue weighted by molar-refractivity contribution is 6.31. The zero-order chi connectivity index (χ0) is 23.3. The van der Waals surface area contributed by atoms with Gasteiger partial charge in [-0.3, -0.25) is 4.90 Å². The highest BCUT2D eigenvalue weighted by Gasteiger charge is 2.24. The van der Waals surface area contributed by atoms with Crippen molar-refractivity contribution in [2.45, 2.75) is 6.42 Å². The molecular weight excluding hydrogens is 483 g/mol. The molecule has 1 saturated heterocycles. The Morgan fingerprint density at radius 1 is 0.914 bits per heavy atom. The molecule has 0 bridgehead atoms. The molecular formula is C27H30Cl2N4O2. The molecule has 0 saturated carbocycles. The Bertz CT molecular complexity index is 1160. The number of anilines is 2. The van der Waals surface area contributed by atoms with Gasteiger partial charge in [-0.05, 0) is 61.0 Å². The Morgan fingerprint density at radius 2 is 1.66 bits per heavy atom. The summed E-state index contributed by atoms with van der Waals surface area (Å²) in [6.07, 6.45) is 0.992. The van der Waals surface area contributed by atoms with E-state index in [1.807, 2.05) is 42.5 Å². The molecule has 0 amide bonds. The number of para-hydroxylation sites is 1. The number of ether oxygens (including phenoxy) is 2. The van der Waals surface area contributed by atoms with E-state index in [0.29, 0.717) is 11.6 Å². The predicted octanol–water partition coefficient (Wildman–Crippen LogP) is 5.99. The summed E-state index contributed by atoms with van der Waals surface area (Å²) in [4.78, 5) is 9.95. The number of benzene rings is 3. The fourth-order valence-electron chi connectivity index (χ4n) is 4.38. The van der Waals surface area contributed by atoms with Crippen LogP contribution in [0.25, 0.3) is 0 Å². The molecule has 3 aromatic carbocycles. The van der Waals surface area contributed by atoms with E-state index in [-0.39, 0.29) is 12.4 Å². The van der Waals surface area contributed by atoms with Crippen LogP contribution in [0.2, 0.25) is 5.02 Å². The van der Waals surface area contributed by atoms with E-state index in [2.05, 4.69) is 39.4 Å². The first-order valence-corrected chi connectivity index (χ1v) is 12.1. The maximum absolute atomic E-state index is 6.27. The number of piperazine rings is 1. The number of rotatable bonds is 6. The lowest BCUT2D eigenvalue weighted by molar-refractivity contribution is 0.169. The largest absolute Gasteiger partial charge is 0.497 e. The molecule has 6 nitrogen and oxygen atoms in total. The van der Waals surface area contributed by atoms with Gasteiger partial charge in [0.1, 0.15) is 17.3 Å². The molecule has 1 fully saturated rings. The first-order chi connectivity index (χ1) is 16.7. The van der Waals surface area contributed by atoms with Gasteiger partial charge >= 0.3 is 0 Å². The number of halogens is 2. The Balaban J connectivity index is 0.00000289. The number of fused-ring (bicyclic) bond motifs is 2. The first-order valence-electron chi connectivity index (χ1n) is 11.7. The molecule has 2 heterocycles. The Labute approximate surface area is 217 Å². The fraction of sp³-hybridized carbons (Fsp3) is 0.296. The second-order valence-corrected chi connectivity index (χ2v) is 8.91. The number of amidine groups is 1. The van der Waals surface area contributed by atoms with Gasteiger partial charge in [-0.25, -0.2) is 4.99 Å². The van der Waals surface area contributed by atoms with Gasteiger partial charge in [-0.15, -0.1) is 12.4 Å². The van der Waals surface area contributed by atoms with Crippen molar-refractivity contribution in [1.82, 2.24) is 9.80 Å². The number of nitrogens with zero attached hydrogens (tertiary/aromatic N) is 3. The molecule has 0 spiro atoms. The van der Waals surface area contributed by atoms with Crippen LogP contribution in [-0.2, 0) is 0 Å². The van der Waals surface area contributed by atoms with Crippen LogP contribution in [0.15, 0.2) is 71.7 Å². The van der Waals surface area contributed by atoms with E-state index in [9.17, 15) is 0 Å². The van der Waals surface area contributed by atoms with Crippen LogP contribution in [0.1, 0.15) is 12.0 Å². The lowest BCUT2D eigenvalue weighted by Gasteiger charge is -2.36. The van der Waals surface area contributed by atoms with Crippen molar-refractivity contribution in [2.24, 2.45) is 4.99 Å². The van der Waals surface area contributed by atoms with Crippen LogP contribution < -0.4 is 14.8 Å². The van der Waals surface area contributed by atoms with E-state index in [4.69, 9.17) is 26.1 Å². The van der Waals surface area contributed by atoms with Gasteiger partial charge in [-0.1, -0.05) is 23.7 Å². The minimum absolute atomic E-state index is 0.